The minimum absolute atomic E-state index is 0.120. The van der Waals surface area contributed by atoms with Gasteiger partial charge in [-0.05, 0) is 25.2 Å². The van der Waals surface area contributed by atoms with Crippen LogP contribution >= 0.6 is 11.8 Å². The summed E-state index contributed by atoms with van der Waals surface area (Å²) in [7, 11) is 0. The molecule has 1 aromatic rings. The lowest BCUT2D eigenvalue weighted by Gasteiger charge is -2.17. The molecular formula is C14H23FN2S. The third-order valence-corrected chi connectivity index (χ3v) is 3.92. The Morgan fingerprint density at radius 1 is 1.17 bits per heavy atom. The topological polar surface area (TPSA) is 15.3 Å². The minimum atomic E-state index is -0.120. The van der Waals surface area contributed by atoms with Gasteiger partial charge in [0.2, 0.25) is 0 Å². The summed E-state index contributed by atoms with van der Waals surface area (Å²) in [5, 5.41) is 3.39. The van der Waals surface area contributed by atoms with E-state index in [0.29, 0.717) is 0 Å². The van der Waals surface area contributed by atoms with Crippen LogP contribution in [0.5, 0.6) is 0 Å². The highest BCUT2D eigenvalue weighted by atomic mass is 32.2. The molecule has 0 radical (unpaired) electrons. The van der Waals surface area contributed by atoms with E-state index < -0.39 is 0 Å². The van der Waals surface area contributed by atoms with Gasteiger partial charge in [0.05, 0.1) is 0 Å². The third-order valence-electron chi connectivity index (χ3n) is 2.87. The summed E-state index contributed by atoms with van der Waals surface area (Å²) in [6, 6.07) is 6.94. The van der Waals surface area contributed by atoms with Crippen LogP contribution in [0.4, 0.5) is 4.39 Å². The largest absolute Gasteiger partial charge is 0.315 e. The van der Waals surface area contributed by atoms with Crippen molar-refractivity contribution in [2.45, 2.75) is 18.7 Å². The SMILES string of the molecule is CCN(CC)CCNCCSc1ccccc1F. The molecule has 0 atom stereocenters. The summed E-state index contributed by atoms with van der Waals surface area (Å²) in [6.45, 7) is 9.55. The minimum Gasteiger partial charge on any atom is -0.315 e. The first kappa shape index (κ1) is 15.5. The van der Waals surface area contributed by atoms with Crippen LogP contribution in [0.15, 0.2) is 29.2 Å². The molecule has 0 heterocycles. The highest BCUT2D eigenvalue weighted by Crippen LogP contribution is 2.20. The molecule has 0 unspecified atom stereocenters. The number of benzene rings is 1. The predicted molar refractivity (Wildman–Crippen MR) is 77.8 cm³/mol. The third kappa shape index (κ3) is 5.85. The lowest BCUT2D eigenvalue weighted by molar-refractivity contribution is 0.303. The number of hydrogen-bond donors (Lipinski definition) is 1. The first-order chi connectivity index (χ1) is 8.77. The average Bonchev–Trinajstić information content (AvgIpc) is 2.40. The monoisotopic (exact) mass is 270 g/mol. The molecule has 0 aliphatic carbocycles. The summed E-state index contributed by atoms with van der Waals surface area (Å²) < 4.78 is 13.3. The molecule has 0 spiro atoms. The van der Waals surface area contributed by atoms with Crippen LogP contribution in [0.1, 0.15) is 13.8 Å². The highest BCUT2D eigenvalue weighted by molar-refractivity contribution is 7.99. The van der Waals surface area contributed by atoms with Crippen molar-refractivity contribution in [3.63, 3.8) is 0 Å². The van der Waals surface area contributed by atoms with Crippen molar-refractivity contribution in [3.05, 3.63) is 30.1 Å². The Morgan fingerprint density at radius 2 is 1.89 bits per heavy atom. The summed E-state index contributed by atoms with van der Waals surface area (Å²) in [5.74, 6) is 0.782. The van der Waals surface area contributed by atoms with Gasteiger partial charge in [-0.15, -0.1) is 11.8 Å². The Hall–Kier alpha value is -0.580. The van der Waals surface area contributed by atoms with Crippen molar-refractivity contribution in [3.8, 4) is 0 Å². The fourth-order valence-electron chi connectivity index (χ4n) is 1.70. The molecule has 2 nitrogen and oxygen atoms in total. The number of hydrogen-bond acceptors (Lipinski definition) is 3. The molecular weight excluding hydrogens is 247 g/mol. The fraction of sp³-hybridized carbons (Fsp3) is 0.571. The second kappa shape index (κ2) is 9.36. The maximum atomic E-state index is 13.3. The maximum absolute atomic E-state index is 13.3. The quantitative estimate of drug-likeness (QED) is 0.549. The van der Waals surface area contributed by atoms with Gasteiger partial charge in [0.1, 0.15) is 5.82 Å². The fourth-order valence-corrected chi connectivity index (χ4v) is 2.54. The van der Waals surface area contributed by atoms with Crippen LogP contribution in [-0.2, 0) is 0 Å². The normalized spacial score (nSPS) is 11.1. The van der Waals surface area contributed by atoms with E-state index in [0.717, 1.165) is 43.4 Å². The van der Waals surface area contributed by atoms with Gasteiger partial charge in [-0.3, -0.25) is 0 Å². The van der Waals surface area contributed by atoms with Gasteiger partial charge in [0.15, 0.2) is 0 Å². The van der Waals surface area contributed by atoms with Gasteiger partial charge < -0.3 is 10.2 Å². The number of thioether (sulfide) groups is 1. The second-order valence-corrected chi connectivity index (χ2v) is 5.19. The smallest absolute Gasteiger partial charge is 0.136 e. The van der Waals surface area contributed by atoms with Crippen molar-refractivity contribution in [2.75, 3.05) is 38.5 Å². The second-order valence-electron chi connectivity index (χ2n) is 4.06. The zero-order valence-electron chi connectivity index (χ0n) is 11.3. The zero-order valence-corrected chi connectivity index (χ0v) is 12.1. The molecule has 0 fully saturated rings. The Labute approximate surface area is 114 Å². The number of likely N-dealkylation sites (N-methyl/N-ethyl adjacent to an activating group) is 1. The maximum Gasteiger partial charge on any atom is 0.136 e. The Morgan fingerprint density at radius 3 is 2.56 bits per heavy atom. The lowest BCUT2D eigenvalue weighted by atomic mass is 10.3. The van der Waals surface area contributed by atoms with Crippen LogP contribution in [-0.4, -0.2) is 43.4 Å². The van der Waals surface area contributed by atoms with Crippen LogP contribution in [0.2, 0.25) is 0 Å². The molecule has 0 saturated carbocycles. The first-order valence-electron chi connectivity index (χ1n) is 6.58. The van der Waals surface area contributed by atoms with E-state index in [2.05, 4.69) is 24.1 Å². The number of halogens is 1. The molecule has 1 rings (SSSR count). The summed E-state index contributed by atoms with van der Waals surface area (Å²) >= 11 is 1.57. The van der Waals surface area contributed by atoms with Crippen molar-refractivity contribution >= 4 is 11.8 Å². The van der Waals surface area contributed by atoms with E-state index in [4.69, 9.17) is 0 Å². The van der Waals surface area contributed by atoms with Crippen molar-refractivity contribution in [1.29, 1.82) is 0 Å². The molecule has 4 heteroatoms. The van der Waals surface area contributed by atoms with Gasteiger partial charge in [0, 0.05) is 30.3 Å². The predicted octanol–water partition coefficient (Wildman–Crippen LogP) is 2.85. The van der Waals surface area contributed by atoms with Crippen LogP contribution in [0.25, 0.3) is 0 Å². The van der Waals surface area contributed by atoms with Gasteiger partial charge in [-0.25, -0.2) is 4.39 Å². The van der Waals surface area contributed by atoms with Crippen molar-refractivity contribution in [1.82, 2.24) is 10.2 Å². The molecule has 0 bridgehead atoms. The highest BCUT2D eigenvalue weighted by Gasteiger charge is 2.01. The van der Waals surface area contributed by atoms with E-state index in [1.807, 2.05) is 12.1 Å². The van der Waals surface area contributed by atoms with Crippen molar-refractivity contribution < 1.29 is 4.39 Å². The van der Waals surface area contributed by atoms with E-state index in [9.17, 15) is 4.39 Å². The van der Waals surface area contributed by atoms with E-state index in [1.54, 1.807) is 17.8 Å². The average molecular weight is 270 g/mol. The van der Waals surface area contributed by atoms with E-state index >= 15 is 0 Å². The molecule has 0 saturated heterocycles. The van der Waals surface area contributed by atoms with Gasteiger partial charge in [0.25, 0.3) is 0 Å². The van der Waals surface area contributed by atoms with Gasteiger partial charge in [-0.1, -0.05) is 26.0 Å². The van der Waals surface area contributed by atoms with E-state index in [-0.39, 0.29) is 5.82 Å². The van der Waals surface area contributed by atoms with Crippen molar-refractivity contribution in [2.24, 2.45) is 0 Å². The zero-order chi connectivity index (χ0) is 13.2. The summed E-state index contributed by atoms with van der Waals surface area (Å²) in [4.78, 5) is 3.12. The Kier molecular flexibility index (Phi) is 8.05. The summed E-state index contributed by atoms with van der Waals surface area (Å²) in [6.07, 6.45) is 0. The first-order valence-corrected chi connectivity index (χ1v) is 7.56. The molecule has 0 aliphatic heterocycles. The Bertz CT molecular complexity index is 329. The molecule has 0 aliphatic rings. The Balaban J connectivity index is 2.07. The summed E-state index contributed by atoms with van der Waals surface area (Å²) in [5.41, 5.74) is 0. The van der Waals surface area contributed by atoms with Gasteiger partial charge >= 0.3 is 0 Å². The number of rotatable bonds is 9. The molecule has 1 aromatic carbocycles. The van der Waals surface area contributed by atoms with E-state index in [1.165, 1.54) is 6.07 Å². The standard InChI is InChI=1S/C14H23FN2S/c1-3-17(4-2)11-9-16-10-12-18-14-8-6-5-7-13(14)15/h5-8,16H,3-4,9-12H2,1-2H3. The van der Waals surface area contributed by atoms with Gasteiger partial charge in [-0.2, -0.15) is 0 Å². The van der Waals surface area contributed by atoms with Crippen LogP contribution in [0, 0.1) is 5.82 Å². The molecule has 0 amide bonds. The molecule has 102 valence electrons. The lowest BCUT2D eigenvalue weighted by Crippen LogP contribution is -2.32. The molecule has 0 aromatic heterocycles. The number of nitrogens with one attached hydrogen (secondary N) is 1. The number of nitrogens with zero attached hydrogens (tertiary/aromatic N) is 1. The van der Waals surface area contributed by atoms with Crippen LogP contribution < -0.4 is 5.32 Å². The van der Waals surface area contributed by atoms with Crippen LogP contribution in [0.3, 0.4) is 0 Å². The molecule has 18 heavy (non-hydrogen) atoms. The molecule has 1 N–H and O–H groups in total.